The van der Waals surface area contributed by atoms with Gasteiger partial charge in [0, 0.05) is 0 Å². The maximum Gasteiger partial charge on any atom is 0.180 e. The molecule has 0 spiro atoms. The van der Waals surface area contributed by atoms with Gasteiger partial charge in [0.05, 0.1) is 6.10 Å². The van der Waals surface area contributed by atoms with E-state index in [0.717, 1.165) is 0 Å². The van der Waals surface area contributed by atoms with Crippen molar-refractivity contribution in [2.24, 2.45) is 0 Å². The fourth-order valence-corrected chi connectivity index (χ4v) is 1.28. The topological polar surface area (TPSA) is 52.3 Å². The van der Waals surface area contributed by atoms with Crippen molar-refractivity contribution in [2.75, 3.05) is 0 Å². The first-order chi connectivity index (χ1) is 7.16. The molecule has 0 bridgehead atoms. The lowest BCUT2D eigenvalue weighted by molar-refractivity contribution is 0.0602. The van der Waals surface area contributed by atoms with Gasteiger partial charge < -0.3 is 4.74 Å². The number of rotatable bonds is 3. The van der Waals surface area contributed by atoms with Crippen LogP contribution in [0, 0.1) is 0 Å². The Kier molecular flexibility index (Phi) is 2.83. The largest absolute Gasteiger partial charge is 0.371 e. The van der Waals surface area contributed by atoms with Crippen molar-refractivity contribution >= 4 is 17.2 Å². The lowest BCUT2D eigenvalue weighted by Gasteiger charge is -2.04. The Morgan fingerprint density at radius 1 is 1.40 bits per heavy atom. The van der Waals surface area contributed by atoms with Crippen LogP contribution in [0.25, 0.3) is 5.65 Å². The molecule has 2 heterocycles. The van der Waals surface area contributed by atoms with E-state index in [1.807, 2.05) is 13.8 Å². The molecule has 0 unspecified atom stereocenters. The summed E-state index contributed by atoms with van der Waals surface area (Å²) in [5, 5.41) is 12.4. The highest BCUT2D eigenvalue weighted by molar-refractivity contribution is 6.29. The molecule has 0 amide bonds. The summed E-state index contributed by atoms with van der Waals surface area (Å²) < 4.78 is 7.02. The van der Waals surface area contributed by atoms with Crippen LogP contribution in [0.4, 0.5) is 0 Å². The quantitative estimate of drug-likeness (QED) is 0.800. The van der Waals surface area contributed by atoms with Crippen molar-refractivity contribution in [1.82, 2.24) is 19.8 Å². The van der Waals surface area contributed by atoms with E-state index < -0.39 is 0 Å². The van der Waals surface area contributed by atoms with Gasteiger partial charge in [0.15, 0.2) is 11.5 Å². The maximum absolute atomic E-state index is 5.78. The number of nitrogens with zero attached hydrogens (tertiary/aromatic N) is 4. The second-order valence-corrected chi connectivity index (χ2v) is 3.79. The molecule has 0 N–H and O–H groups in total. The Morgan fingerprint density at radius 2 is 2.20 bits per heavy atom. The normalized spacial score (nSPS) is 11.5. The van der Waals surface area contributed by atoms with Gasteiger partial charge in [-0.3, -0.25) is 0 Å². The van der Waals surface area contributed by atoms with E-state index in [-0.39, 0.29) is 6.10 Å². The van der Waals surface area contributed by atoms with Crippen LogP contribution in [0.1, 0.15) is 19.7 Å². The van der Waals surface area contributed by atoms with Crippen LogP contribution < -0.4 is 0 Å². The van der Waals surface area contributed by atoms with Crippen LogP contribution >= 0.6 is 11.6 Å². The van der Waals surface area contributed by atoms with Gasteiger partial charge >= 0.3 is 0 Å². The van der Waals surface area contributed by atoms with Crippen LogP contribution in [0.3, 0.4) is 0 Å². The lowest BCUT2D eigenvalue weighted by Crippen LogP contribution is -2.06. The van der Waals surface area contributed by atoms with Crippen LogP contribution in [0.2, 0.25) is 5.15 Å². The number of halogens is 1. The Labute approximate surface area is 92.0 Å². The highest BCUT2D eigenvalue weighted by Crippen LogP contribution is 2.08. The summed E-state index contributed by atoms with van der Waals surface area (Å²) in [6.45, 7) is 4.31. The van der Waals surface area contributed by atoms with E-state index >= 15 is 0 Å². The Hall–Kier alpha value is -1.20. The van der Waals surface area contributed by atoms with E-state index in [9.17, 15) is 0 Å². The Bertz CT molecular complexity index is 468. The predicted molar refractivity (Wildman–Crippen MR) is 55.7 cm³/mol. The van der Waals surface area contributed by atoms with Crippen LogP contribution in [-0.2, 0) is 11.3 Å². The molecule has 0 saturated carbocycles. The third-order valence-electron chi connectivity index (χ3n) is 1.84. The van der Waals surface area contributed by atoms with Crippen LogP contribution in [0.15, 0.2) is 12.1 Å². The highest BCUT2D eigenvalue weighted by atomic mass is 35.5. The Morgan fingerprint density at radius 3 is 2.93 bits per heavy atom. The van der Waals surface area contributed by atoms with Gasteiger partial charge in [0.25, 0.3) is 0 Å². The van der Waals surface area contributed by atoms with Crippen molar-refractivity contribution in [3.8, 4) is 0 Å². The molecule has 0 aliphatic rings. The summed E-state index contributed by atoms with van der Waals surface area (Å²) in [6.07, 6.45) is 0.150. The summed E-state index contributed by atoms with van der Waals surface area (Å²) in [6, 6.07) is 3.44. The van der Waals surface area contributed by atoms with Gasteiger partial charge in [-0.05, 0) is 26.0 Å². The average molecular weight is 227 g/mol. The molecule has 0 radical (unpaired) electrons. The van der Waals surface area contributed by atoms with E-state index in [4.69, 9.17) is 16.3 Å². The lowest BCUT2D eigenvalue weighted by atomic mass is 10.5. The molecule has 0 atom stereocenters. The molecule has 6 heteroatoms. The van der Waals surface area contributed by atoms with Gasteiger partial charge in [-0.2, -0.15) is 9.61 Å². The monoisotopic (exact) mass is 226 g/mol. The van der Waals surface area contributed by atoms with E-state index in [1.165, 1.54) is 0 Å². The molecule has 0 saturated heterocycles. The number of aromatic nitrogens is 4. The standard InChI is InChI=1S/C9H11ClN4O/c1-6(2)15-5-9-12-11-8-4-3-7(10)13-14(8)9/h3-4,6H,5H2,1-2H3. The molecule has 2 rings (SSSR count). The summed E-state index contributed by atoms with van der Waals surface area (Å²) in [4.78, 5) is 0. The third kappa shape index (κ3) is 2.24. The zero-order chi connectivity index (χ0) is 10.8. The maximum atomic E-state index is 5.78. The molecule has 2 aromatic rings. The number of ether oxygens (including phenoxy) is 1. The van der Waals surface area contributed by atoms with Crippen LogP contribution in [0.5, 0.6) is 0 Å². The summed E-state index contributed by atoms with van der Waals surface area (Å²) >= 11 is 5.78. The number of hydrogen-bond acceptors (Lipinski definition) is 4. The van der Waals surface area contributed by atoms with Crippen molar-refractivity contribution in [3.05, 3.63) is 23.1 Å². The summed E-state index contributed by atoms with van der Waals surface area (Å²) in [7, 11) is 0. The first kappa shape index (κ1) is 10.3. The molecule has 80 valence electrons. The van der Waals surface area contributed by atoms with E-state index in [2.05, 4.69) is 15.3 Å². The first-order valence-corrected chi connectivity index (χ1v) is 5.03. The molecule has 2 aromatic heterocycles. The zero-order valence-corrected chi connectivity index (χ0v) is 9.27. The van der Waals surface area contributed by atoms with Crippen molar-refractivity contribution < 1.29 is 4.74 Å². The molecular weight excluding hydrogens is 216 g/mol. The van der Waals surface area contributed by atoms with Crippen LogP contribution in [-0.4, -0.2) is 25.9 Å². The van der Waals surface area contributed by atoms with Gasteiger partial charge in [-0.25, -0.2) is 0 Å². The fourth-order valence-electron chi connectivity index (χ4n) is 1.14. The molecule has 0 aliphatic heterocycles. The van der Waals surface area contributed by atoms with Gasteiger partial charge in [0.1, 0.15) is 11.8 Å². The average Bonchev–Trinajstić information content (AvgIpc) is 2.57. The zero-order valence-electron chi connectivity index (χ0n) is 8.51. The molecule has 0 aromatic carbocycles. The summed E-state index contributed by atoms with van der Waals surface area (Å²) in [5.41, 5.74) is 0.668. The van der Waals surface area contributed by atoms with Gasteiger partial charge in [0.2, 0.25) is 0 Å². The number of fused-ring (bicyclic) bond motifs is 1. The second-order valence-electron chi connectivity index (χ2n) is 3.40. The molecular formula is C9H11ClN4O. The Balaban J connectivity index is 2.31. The number of hydrogen-bond donors (Lipinski definition) is 0. The molecule has 15 heavy (non-hydrogen) atoms. The van der Waals surface area contributed by atoms with Crippen molar-refractivity contribution in [3.63, 3.8) is 0 Å². The second kappa shape index (κ2) is 4.12. The fraction of sp³-hybridized carbons (Fsp3) is 0.444. The van der Waals surface area contributed by atoms with E-state index in [0.29, 0.717) is 23.2 Å². The smallest absolute Gasteiger partial charge is 0.180 e. The summed E-state index contributed by atoms with van der Waals surface area (Å²) in [5.74, 6) is 0.654. The van der Waals surface area contributed by atoms with Gasteiger partial charge in [-0.15, -0.1) is 10.2 Å². The third-order valence-corrected chi connectivity index (χ3v) is 2.04. The minimum absolute atomic E-state index is 0.150. The molecule has 5 nitrogen and oxygen atoms in total. The molecule has 0 fully saturated rings. The van der Waals surface area contributed by atoms with Gasteiger partial charge in [-0.1, -0.05) is 11.6 Å². The van der Waals surface area contributed by atoms with Crippen molar-refractivity contribution in [2.45, 2.75) is 26.6 Å². The van der Waals surface area contributed by atoms with Crippen molar-refractivity contribution in [1.29, 1.82) is 0 Å². The SMILES string of the molecule is CC(C)OCc1nnc2ccc(Cl)nn12. The first-order valence-electron chi connectivity index (χ1n) is 4.65. The minimum Gasteiger partial charge on any atom is -0.371 e. The van der Waals surface area contributed by atoms with E-state index in [1.54, 1.807) is 16.6 Å². The predicted octanol–water partition coefficient (Wildman–Crippen LogP) is 1.70. The minimum atomic E-state index is 0.150. The highest BCUT2D eigenvalue weighted by Gasteiger charge is 2.07. The molecule has 0 aliphatic carbocycles.